The maximum Gasteiger partial charge on any atom is 0.182 e. The zero-order valence-electron chi connectivity index (χ0n) is 16.0. The van der Waals surface area contributed by atoms with Gasteiger partial charge in [-0.25, -0.2) is 0 Å². The van der Waals surface area contributed by atoms with Gasteiger partial charge in [0.1, 0.15) is 5.75 Å². The standard InChI is InChI=1S/C19H31NO4/c1-14(22-5)12-20(13-15(2)23-6)19(3,4)18(21)16-8-10-17(24-7)11-9-16/h8-11,14-15H,12-13H2,1-7H3. The number of benzene rings is 1. The van der Waals surface area contributed by atoms with Crippen molar-refractivity contribution in [2.75, 3.05) is 34.4 Å². The summed E-state index contributed by atoms with van der Waals surface area (Å²) in [5, 5.41) is 0. The van der Waals surface area contributed by atoms with E-state index >= 15 is 0 Å². The maximum atomic E-state index is 13.1. The van der Waals surface area contributed by atoms with Crippen molar-refractivity contribution in [3.8, 4) is 5.75 Å². The molecule has 5 nitrogen and oxygen atoms in total. The van der Waals surface area contributed by atoms with E-state index in [9.17, 15) is 4.79 Å². The predicted octanol–water partition coefficient (Wildman–Crippen LogP) is 3.03. The smallest absolute Gasteiger partial charge is 0.182 e. The molecule has 0 saturated heterocycles. The number of carbonyl (C=O) groups excluding carboxylic acids is 1. The van der Waals surface area contributed by atoms with Crippen LogP contribution in [-0.2, 0) is 9.47 Å². The highest BCUT2D eigenvalue weighted by atomic mass is 16.5. The molecule has 1 rings (SSSR count). The summed E-state index contributed by atoms with van der Waals surface area (Å²) in [7, 11) is 4.97. The fourth-order valence-corrected chi connectivity index (χ4v) is 2.54. The molecule has 0 amide bonds. The number of Topliss-reactive ketones (excluding diaryl/α,β-unsaturated/α-hetero) is 1. The molecule has 0 radical (unpaired) electrons. The van der Waals surface area contributed by atoms with Gasteiger partial charge < -0.3 is 14.2 Å². The fourth-order valence-electron chi connectivity index (χ4n) is 2.54. The quantitative estimate of drug-likeness (QED) is 0.614. The molecular formula is C19H31NO4. The van der Waals surface area contributed by atoms with E-state index in [-0.39, 0.29) is 18.0 Å². The molecule has 0 N–H and O–H groups in total. The van der Waals surface area contributed by atoms with Crippen LogP contribution in [0.3, 0.4) is 0 Å². The number of rotatable bonds is 10. The predicted molar refractivity (Wildman–Crippen MR) is 95.9 cm³/mol. The number of nitrogens with zero attached hydrogens (tertiary/aromatic N) is 1. The van der Waals surface area contributed by atoms with E-state index in [1.54, 1.807) is 33.5 Å². The second-order valence-corrected chi connectivity index (χ2v) is 6.61. The average Bonchev–Trinajstić information content (AvgIpc) is 2.59. The molecule has 136 valence electrons. The Morgan fingerprint density at radius 2 is 1.46 bits per heavy atom. The SMILES string of the molecule is COc1ccc(C(=O)C(C)(C)N(CC(C)OC)CC(C)OC)cc1. The van der Waals surface area contributed by atoms with Crippen LogP contribution in [0.4, 0.5) is 0 Å². The second-order valence-electron chi connectivity index (χ2n) is 6.61. The lowest BCUT2D eigenvalue weighted by atomic mass is 9.90. The lowest BCUT2D eigenvalue weighted by molar-refractivity contribution is 0.00144. The number of ether oxygens (including phenoxy) is 3. The normalized spacial score (nSPS) is 14.5. The van der Waals surface area contributed by atoms with Crippen molar-refractivity contribution in [3.63, 3.8) is 0 Å². The third-order valence-electron chi connectivity index (χ3n) is 4.46. The summed E-state index contributed by atoms with van der Waals surface area (Å²) < 4.78 is 16.0. The molecule has 2 atom stereocenters. The van der Waals surface area contributed by atoms with Crippen LogP contribution in [0.1, 0.15) is 38.1 Å². The Kier molecular flexibility index (Phi) is 7.87. The van der Waals surface area contributed by atoms with E-state index in [0.717, 1.165) is 5.75 Å². The van der Waals surface area contributed by atoms with E-state index in [4.69, 9.17) is 14.2 Å². The highest BCUT2D eigenvalue weighted by molar-refractivity contribution is 6.02. The van der Waals surface area contributed by atoms with E-state index in [2.05, 4.69) is 4.90 Å². The first-order valence-corrected chi connectivity index (χ1v) is 8.25. The average molecular weight is 337 g/mol. The first-order chi connectivity index (χ1) is 11.3. The van der Waals surface area contributed by atoms with E-state index in [1.165, 1.54) is 0 Å². The van der Waals surface area contributed by atoms with E-state index < -0.39 is 5.54 Å². The van der Waals surface area contributed by atoms with Crippen LogP contribution in [0.2, 0.25) is 0 Å². The summed E-state index contributed by atoms with van der Waals surface area (Å²) in [5.41, 5.74) is -0.00492. The zero-order valence-corrected chi connectivity index (χ0v) is 16.0. The van der Waals surface area contributed by atoms with Crippen molar-refractivity contribution in [3.05, 3.63) is 29.8 Å². The molecule has 0 fully saturated rings. The number of carbonyl (C=O) groups is 1. The van der Waals surface area contributed by atoms with E-state index in [1.807, 2.05) is 39.8 Å². The minimum atomic E-state index is -0.672. The van der Waals surface area contributed by atoms with Crippen LogP contribution < -0.4 is 4.74 Å². The molecule has 5 heteroatoms. The number of hydrogen-bond acceptors (Lipinski definition) is 5. The largest absolute Gasteiger partial charge is 0.497 e. The van der Waals surface area contributed by atoms with Crippen molar-refractivity contribution in [1.82, 2.24) is 4.90 Å². The first-order valence-electron chi connectivity index (χ1n) is 8.25. The molecule has 0 aliphatic heterocycles. The molecule has 0 spiro atoms. The van der Waals surface area contributed by atoms with Gasteiger partial charge in [0.2, 0.25) is 0 Å². The molecular weight excluding hydrogens is 306 g/mol. The van der Waals surface area contributed by atoms with Gasteiger partial charge in [0.25, 0.3) is 0 Å². The van der Waals surface area contributed by atoms with Crippen LogP contribution in [0, 0.1) is 0 Å². The van der Waals surface area contributed by atoms with Gasteiger partial charge in [-0.05, 0) is 52.0 Å². The van der Waals surface area contributed by atoms with Crippen molar-refractivity contribution >= 4 is 5.78 Å². The van der Waals surface area contributed by atoms with Gasteiger partial charge in [-0.15, -0.1) is 0 Å². The first kappa shape index (κ1) is 20.6. The molecule has 0 aliphatic rings. The molecule has 0 bridgehead atoms. The van der Waals surface area contributed by atoms with Crippen LogP contribution >= 0.6 is 0 Å². The lowest BCUT2D eigenvalue weighted by Gasteiger charge is -2.39. The summed E-state index contributed by atoms with van der Waals surface area (Å²) in [6, 6.07) is 7.23. The Hall–Kier alpha value is -1.43. The fraction of sp³-hybridized carbons (Fsp3) is 0.632. The van der Waals surface area contributed by atoms with Gasteiger partial charge >= 0.3 is 0 Å². The summed E-state index contributed by atoms with van der Waals surface area (Å²) in [6.45, 7) is 9.20. The van der Waals surface area contributed by atoms with Crippen molar-refractivity contribution in [1.29, 1.82) is 0 Å². The highest BCUT2D eigenvalue weighted by Gasteiger charge is 2.36. The minimum absolute atomic E-state index is 0.0250. The van der Waals surface area contributed by atoms with Gasteiger partial charge in [0.05, 0.1) is 24.9 Å². The van der Waals surface area contributed by atoms with Gasteiger partial charge in [0, 0.05) is 32.9 Å². The number of hydrogen-bond donors (Lipinski definition) is 0. The summed E-state index contributed by atoms with van der Waals surface area (Å²) in [4.78, 5) is 15.2. The summed E-state index contributed by atoms with van der Waals surface area (Å²) in [5.74, 6) is 0.805. The van der Waals surface area contributed by atoms with Gasteiger partial charge in [0.15, 0.2) is 5.78 Å². The number of methoxy groups -OCH3 is 3. The summed E-state index contributed by atoms with van der Waals surface area (Å²) in [6.07, 6.45) is 0.0500. The van der Waals surface area contributed by atoms with Gasteiger partial charge in [-0.3, -0.25) is 9.69 Å². The molecule has 0 aliphatic carbocycles. The second kappa shape index (κ2) is 9.16. The highest BCUT2D eigenvalue weighted by Crippen LogP contribution is 2.23. The number of ketones is 1. The Morgan fingerprint density at radius 3 is 1.83 bits per heavy atom. The maximum absolute atomic E-state index is 13.1. The van der Waals surface area contributed by atoms with Gasteiger partial charge in [-0.1, -0.05) is 0 Å². The van der Waals surface area contributed by atoms with Crippen molar-refractivity contribution in [2.45, 2.75) is 45.4 Å². The lowest BCUT2D eigenvalue weighted by Crippen LogP contribution is -2.54. The third kappa shape index (κ3) is 5.30. The molecule has 1 aromatic carbocycles. The molecule has 2 unspecified atom stereocenters. The molecule has 1 aromatic rings. The Bertz CT molecular complexity index is 501. The monoisotopic (exact) mass is 337 g/mol. The van der Waals surface area contributed by atoms with Crippen molar-refractivity contribution < 1.29 is 19.0 Å². The Morgan fingerprint density at radius 1 is 1.00 bits per heavy atom. The molecule has 0 heterocycles. The Labute approximate surface area is 145 Å². The van der Waals surface area contributed by atoms with Crippen LogP contribution in [0.5, 0.6) is 5.75 Å². The van der Waals surface area contributed by atoms with E-state index in [0.29, 0.717) is 18.7 Å². The molecule has 0 aromatic heterocycles. The third-order valence-corrected chi connectivity index (χ3v) is 4.46. The summed E-state index contributed by atoms with van der Waals surface area (Å²) >= 11 is 0. The van der Waals surface area contributed by atoms with Crippen LogP contribution in [-0.4, -0.2) is 62.8 Å². The van der Waals surface area contributed by atoms with Crippen LogP contribution in [0.25, 0.3) is 0 Å². The minimum Gasteiger partial charge on any atom is -0.497 e. The topological polar surface area (TPSA) is 48.0 Å². The molecule has 0 saturated carbocycles. The zero-order chi connectivity index (χ0) is 18.3. The van der Waals surface area contributed by atoms with Crippen molar-refractivity contribution in [2.24, 2.45) is 0 Å². The van der Waals surface area contributed by atoms with Crippen LogP contribution in [0.15, 0.2) is 24.3 Å². The van der Waals surface area contributed by atoms with Gasteiger partial charge in [-0.2, -0.15) is 0 Å². The molecule has 24 heavy (non-hydrogen) atoms. The Balaban J connectivity index is 3.04.